The summed E-state index contributed by atoms with van der Waals surface area (Å²) >= 11 is 1.85. The number of nitrogens with one attached hydrogen (secondary N) is 1. The van der Waals surface area contributed by atoms with Crippen molar-refractivity contribution in [2.45, 2.75) is 44.1 Å². The van der Waals surface area contributed by atoms with Gasteiger partial charge in [-0.3, -0.25) is 0 Å². The molecule has 0 aromatic carbocycles. The zero-order valence-electron chi connectivity index (χ0n) is 14.4. The van der Waals surface area contributed by atoms with Crippen LogP contribution in [-0.4, -0.2) is 25.0 Å². The van der Waals surface area contributed by atoms with Gasteiger partial charge in [0.25, 0.3) is 0 Å². The molecule has 2 atom stereocenters. The number of nitrogens with zero attached hydrogens (tertiary/aromatic N) is 3. The van der Waals surface area contributed by atoms with Gasteiger partial charge in [0.2, 0.25) is 0 Å². The van der Waals surface area contributed by atoms with Crippen LogP contribution in [0.4, 0.5) is 0 Å². The number of rotatable bonds is 5. The molecule has 134 valence electrons. The molecule has 1 aliphatic rings. The molecule has 2 aromatic heterocycles. The maximum absolute atomic E-state index is 12.4. The number of aryl methyl sites for hydroxylation is 1. The van der Waals surface area contributed by atoms with Crippen LogP contribution in [0.2, 0.25) is 0 Å². The molecule has 8 heteroatoms. The Morgan fingerprint density at radius 3 is 2.84 bits per heavy atom. The van der Waals surface area contributed by atoms with Crippen LogP contribution in [-0.2, 0) is 0 Å². The molecule has 0 saturated carbocycles. The van der Waals surface area contributed by atoms with Crippen molar-refractivity contribution in [1.29, 1.82) is 0 Å². The summed E-state index contributed by atoms with van der Waals surface area (Å²) < 4.78 is 12.0. The summed E-state index contributed by atoms with van der Waals surface area (Å²) in [4.78, 5) is 24.4. The number of fused-ring (bicyclic) bond motifs is 1. The molecule has 0 spiro atoms. The van der Waals surface area contributed by atoms with Crippen molar-refractivity contribution in [2.75, 3.05) is 0 Å². The maximum atomic E-state index is 12.4. The van der Waals surface area contributed by atoms with Gasteiger partial charge in [0.05, 0.1) is 0 Å². The van der Waals surface area contributed by atoms with E-state index in [2.05, 4.69) is 49.6 Å². The number of ether oxygens (including phenoxy) is 1. The first kappa shape index (κ1) is 18.7. The Balaban J connectivity index is 2.18. The van der Waals surface area contributed by atoms with E-state index >= 15 is 0 Å². The van der Waals surface area contributed by atoms with Gasteiger partial charge in [-0.05, 0) is 0 Å². The Kier molecular flexibility index (Phi) is 5.76. The summed E-state index contributed by atoms with van der Waals surface area (Å²) in [6.45, 7) is 8.13. The minimum absolute atomic E-state index is 0.00524. The van der Waals surface area contributed by atoms with E-state index in [1.807, 2.05) is 19.9 Å². The zero-order chi connectivity index (χ0) is 18.1. The number of hydrogen-bond donors (Lipinski definition) is 1. The van der Waals surface area contributed by atoms with Gasteiger partial charge in [-0.1, -0.05) is 0 Å². The van der Waals surface area contributed by atoms with Gasteiger partial charge in [0, 0.05) is 0 Å². The number of aromatic nitrogens is 3. The van der Waals surface area contributed by atoms with Crippen molar-refractivity contribution in [3.8, 4) is 17.3 Å². The van der Waals surface area contributed by atoms with Crippen molar-refractivity contribution in [3.05, 3.63) is 38.9 Å². The Bertz CT molecular complexity index is 985. The monoisotopic (exact) mass is 565 g/mol. The molecule has 25 heavy (non-hydrogen) atoms. The van der Waals surface area contributed by atoms with E-state index in [1.165, 1.54) is 3.58 Å². The SMILES string of the molecule is CCC1=c2nc(-c3cc(C)cnc3O[C@H](C)[C@@H](C)I)[nH]c(=O)c2=N[I-]1. The van der Waals surface area contributed by atoms with Crippen LogP contribution in [0.3, 0.4) is 0 Å². The van der Waals surface area contributed by atoms with E-state index in [4.69, 9.17) is 9.72 Å². The summed E-state index contributed by atoms with van der Waals surface area (Å²) in [5.74, 6) is 0.989. The van der Waals surface area contributed by atoms with Crippen molar-refractivity contribution < 1.29 is 26.2 Å². The first-order chi connectivity index (χ1) is 11.9. The van der Waals surface area contributed by atoms with Crippen LogP contribution in [0.25, 0.3) is 15.0 Å². The first-order valence-corrected chi connectivity index (χ1v) is 11.3. The summed E-state index contributed by atoms with van der Waals surface area (Å²) in [6, 6.07) is 1.95. The molecular formula is C17H19I2N4O2-. The number of aromatic amines is 1. The van der Waals surface area contributed by atoms with Gasteiger partial charge in [-0.15, -0.1) is 0 Å². The second-order valence-corrected chi connectivity index (χ2v) is 10.1. The molecule has 0 bridgehead atoms. The molecule has 6 nitrogen and oxygen atoms in total. The number of alkyl halides is 1. The molecule has 0 amide bonds. The Morgan fingerprint density at radius 2 is 2.16 bits per heavy atom. The summed E-state index contributed by atoms with van der Waals surface area (Å²) in [5, 5.41) is 1.22. The number of halogens is 2. The summed E-state index contributed by atoms with van der Waals surface area (Å²) in [6.07, 6.45) is 2.63. The average Bonchev–Trinajstić information content (AvgIpc) is 2.99. The fraction of sp³-hybridized carbons (Fsp3) is 0.412. The van der Waals surface area contributed by atoms with E-state index in [0.29, 0.717) is 26.5 Å². The van der Waals surface area contributed by atoms with E-state index in [0.717, 1.165) is 17.3 Å². The second-order valence-electron chi connectivity index (χ2n) is 5.91. The Labute approximate surface area is 170 Å². The third kappa shape index (κ3) is 3.88. The van der Waals surface area contributed by atoms with Crippen molar-refractivity contribution in [1.82, 2.24) is 15.0 Å². The van der Waals surface area contributed by atoms with Gasteiger partial charge in [-0.25, -0.2) is 0 Å². The van der Waals surface area contributed by atoms with Gasteiger partial charge in [0.15, 0.2) is 0 Å². The standard InChI is InChI=1S/C17H19I2N4O2/c1-5-12-13-14(23-19-12)16(24)22-15(21-13)11-6-8(2)7-20-17(11)25-10(4)9(3)18/h6-7,9-10H,5H2,1-4H3,(H,21,22,24)/q-1/t9-,10-/m1/s1. The van der Waals surface area contributed by atoms with Crippen molar-refractivity contribution >= 4 is 26.2 Å². The molecule has 0 fully saturated rings. The topological polar surface area (TPSA) is 80.2 Å². The fourth-order valence-electron chi connectivity index (χ4n) is 2.31. The fourth-order valence-corrected chi connectivity index (χ4v) is 4.39. The van der Waals surface area contributed by atoms with Crippen molar-refractivity contribution in [3.63, 3.8) is 0 Å². The zero-order valence-corrected chi connectivity index (χ0v) is 18.7. The minimum atomic E-state index is -0.479. The molecule has 0 saturated heterocycles. The number of pyridine rings is 1. The normalized spacial score (nSPS) is 15.8. The van der Waals surface area contributed by atoms with Crippen LogP contribution >= 0.6 is 22.6 Å². The molecule has 1 aliphatic heterocycles. The molecule has 2 aromatic rings. The third-order valence-corrected chi connectivity index (χ3v) is 7.47. The van der Waals surface area contributed by atoms with Gasteiger partial charge in [-0.2, -0.15) is 0 Å². The molecule has 0 aliphatic carbocycles. The molecule has 0 radical (unpaired) electrons. The molecule has 0 unspecified atom stereocenters. The summed E-state index contributed by atoms with van der Waals surface area (Å²) in [7, 11) is 0. The van der Waals surface area contributed by atoms with Crippen LogP contribution in [0, 0.1) is 6.92 Å². The average molecular weight is 565 g/mol. The molecular weight excluding hydrogens is 546 g/mol. The Morgan fingerprint density at radius 1 is 1.40 bits per heavy atom. The van der Waals surface area contributed by atoms with E-state index < -0.39 is 21.5 Å². The third-order valence-electron chi connectivity index (χ3n) is 3.88. The quantitative estimate of drug-likeness (QED) is 0.369. The van der Waals surface area contributed by atoms with Crippen LogP contribution in [0.5, 0.6) is 5.88 Å². The predicted molar refractivity (Wildman–Crippen MR) is 101 cm³/mol. The number of H-pyrrole nitrogens is 1. The van der Waals surface area contributed by atoms with Crippen LogP contribution < -0.4 is 42.5 Å². The summed E-state index contributed by atoms with van der Waals surface area (Å²) in [5.41, 5.74) is 1.51. The van der Waals surface area contributed by atoms with E-state index in [9.17, 15) is 4.79 Å². The van der Waals surface area contributed by atoms with Gasteiger partial charge >= 0.3 is 171 Å². The Hall–Kier alpha value is -1.04. The van der Waals surface area contributed by atoms with E-state index in [-0.39, 0.29) is 11.7 Å². The van der Waals surface area contributed by atoms with Crippen LogP contribution in [0.1, 0.15) is 32.8 Å². The molecule has 3 heterocycles. The van der Waals surface area contributed by atoms with Crippen molar-refractivity contribution in [2.24, 2.45) is 3.21 Å². The van der Waals surface area contributed by atoms with E-state index in [1.54, 1.807) is 6.20 Å². The van der Waals surface area contributed by atoms with Gasteiger partial charge < -0.3 is 0 Å². The number of hydrogen-bond acceptors (Lipinski definition) is 5. The predicted octanol–water partition coefficient (Wildman–Crippen LogP) is -1.11. The molecule has 3 rings (SSSR count). The van der Waals surface area contributed by atoms with Gasteiger partial charge in [0.1, 0.15) is 0 Å². The second kappa shape index (κ2) is 7.68. The first-order valence-electron chi connectivity index (χ1n) is 8.04. The van der Waals surface area contributed by atoms with Crippen LogP contribution in [0.15, 0.2) is 20.3 Å². The molecule has 1 N–H and O–H groups in total.